The Labute approximate surface area is 199 Å². The maximum atomic E-state index is 12.2. The predicted octanol–water partition coefficient (Wildman–Crippen LogP) is 7.55. The largest absolute Gasteiger partial charge is 0.294 e. The van der Waals surface area contributed by atoms with Gasteiger partial charge in [0.2, 0.25) is 0 Å². The third-order valence-electron chi connectivity index (χ3n) is 7.02. The van der Waals surface area contributed by atoms with Crippen molar-refractivity contribution in [1.29, 1.82) is 0 Å². The average Bonchev–Trinajstić information content (AvgIpc) is 2.78. The van der Waals surface area contributed by atoms with Crippen LogP contribution in [0.25, 0.3) is 0 Å². The lowest BCUT2D eigenvalue weighted by molar-refractivity contribution is 0.191. The molecule has 1 aliphatic rings. The van der Waals surface area contributed by atoms with E-state index in [1.54, 1.807) is 0 Å². The molecule has 0 spiro atoms. The summed E-state index contributed by atoms with van der Waals surface area (Å²) in [4.78, 5) is 2.40. The third-order valence-corrected chi connectivity index (χ3v) is 8.72. The fourth-order valence-corrected chi connectivity index (χ4v) is 6.61. The van der Waals surface area contributed by atoms with Gasteiger partial charge in [0.1, 0.15) is 0 Å². The molecule has 0 aromatic heterocycles. The monoisotopic (exact) mass is 463 g/mol. The second kappa shape index (κ2) is 16.7. The van der Waals surface area contributed by atoms with Gasteiger partial charge in [-0.25, -0.2) is 8.42 Å². The average molecular weight is 464 g/mol. The van der Waals surface area contributed by atoms with E-state index >= 15 is 0 Å². The smallest absolute Gasteiger partial charge is 0.153 e. The molecule has 2 rings (SSSR count). The number of rotatable bonds is 18. The first-order chi connectivity index (χ1) is 15.6. The van der Waals surface area contributed by atoms with Gasteiger partial charge in [-0.1, -0.05) is 134 Å². The van der Waals surface area contributed by atoms with Crippen LogP contribution in [-0.4, -0.2) is 37.4 Å². The van der Waals surface area contributed by atoms with Crippen molar-refractivity contribution >= 4 is 9.84 Å². The summed E-state index contributed by atoms with van der Waals surface area (Å²) < 4.78 is 24.4. The summed E-state index contributed by atoms with van der Waals surface area (Å²) in [6.07, 6.45) is 21.6. The molecule has 3 nitrogen and oxygen atoms in total. The van der Waals surface area contributed by atoms with Crippen molar-refractivity contribution in [3.8, 4) is 0 Å². The molecule has 0 saturated carbocycles. The van der Waals surface area contributed by atoms with Gasteiger partial charge in [-0.05, 0) is 12.0 Å². The first-order valence-corrected chi connectivity index (χ1v) is 15.4. The van der Waals surface area contributed by atoms with E-state index in [0.717, 1.165) is 19.4 Å². The first kappa shape index (κ1) is 27.4. The van der Waals surface area contributed by atoms with Gasteiger partial charge in [0.05, 0.1) is 11.5 Å². The van der Waals surface area contributed by atoms with Crippen LogP contribution in [0.5, 0.6) is 0 Å². The van der Waals surface area contributed by atoms with E-state index < -0.39 is 9.84 Å². The lowest BCUT2D eigenvalue weighted by atomic mass is 10.0. The quantitative estimate of drug-likeness (QED) is 0.211. The fourth-order valence-electron chi connectivity index (χ4n) is 4.96. The minimum Gasteiger partial charge on any atom is -0.294 e. The Morgan fingerprint density at radius 1 is 0.750 bits per heavy atom. The lowest BCUT2D eigenvalue weighted by Crippen LogP contribution is -2.47. The Bertz CT molecular complexity index is 674. The lowest BCUT2D eigenvalue weighted by Gasteiger charge is -2.35. The normalized spacial score (nSPS) is 18.7. The molecular formula is C28H49NO2S. The topological polar surface area (TPSA) is 37.4 Å². The van der Waals surface area contributed by atoms with Crippen LogP contribution < -0.4 is 0 Å². The highest BCUT2D eigenvalue weighted by molar-refractivity contribution is 7.91. The molecule has 1 atom stereocenters. The van der Waals surface area contributed by atoms with E-state index in [9.17, 15) is 8.42 Å². The van der Waals surface area contributed by atoms with Gasteiger partial charge in [-0.2, -0.15) is 0 Å². The van der Waals surface area contributed by atoms with Gasteiger partial charge in [0.15, 0.2) is 9.84 Å². The van der Waals surface area contributed by atoms with Crippen molar-refractivity contribution in [1.82, 2.24) is 4.90 Å². The second-order valence-electron chi connectivity index (χ2n) is 9.96. The number of hydrogen-bond donors (Lipinski definition) is 0. The molecule has 0 radical (unpaired) electrons. The summed E-state index contributed by atoms with van der Waals surface area (Å²) in [5.41, 5.74) is 1.29. The van der Waals surface area contributed by atoms with Gasteiger partial charge >= 0.3 is 0 Å². The first-order valence-electron chi connectivity index (χ1n) is 13.6. The SMILES string of the molecule is CCCCCCCCCCCCCCCCCC1CS(=O)(=O)CCN1Cc1ccccc1. The van der Waals surface area contributed by atoms with Crippen molar-refractivity contribution in [2.75, 3.05) is 18.1 Å². The second-order valence-corrected chi connectivity index (χ2v) is 12.2. The molecule has 0 aliphatic carbocycles. The van der Waals surface area contributed by atoms with Crippen molar-refractivity contribution in [2.24, 2.45) is 0 Å². The Hall–Kier alpha value is -0.870. The van der Waals surface area contributed by atoms with Crippen LogP contribution in [-0.2, 0) is 16.4 Å². The standard InChI is InChI=1S/C28H49NO2S/c1-2-3-4-5-6-7-8-9-10-11-12-13-14-15-19-22-28-26-32(30,31)24-23-29(28)25-27-20-17-16-18-21-27/h16-18,20-21,28H,2-15,19,22-26H2,1H3. The highest BCUT2D eigenvalue weighted by Crippen LogP contribution is 2.21. The minimum absolute atomic E-state index is 0.191. The molecule has 0 N–H and O–H groups in total. The van der Waals surface area contributed by atoms with Crippen LogP contribution in [0.2, 0.25) is 0 Å². The molecule has 1 aromatic rings. The van der Waals surface area contributed by atoms with E-state index in [2.05, 4.69) is 36.1 Å². The number of benzene rings is 1. The van der Waals surface area contributed by atoms with Gasteiger partial charge in [-0.15, -0.1) is 0 Å². The molecule has 4 heteroatoms. The van der Waals surface area contributed by atoms with E-state index in [1.807, 2.05) is 6.07 Å². The number of sulfone groups is 1. The third kappa shape index (κ3) is 12.4. The van der Waals surface area contributed by atoms with Gasteiger partial charge in [0.25, 0.3) is 0 Å². The molecule has 1 heterocycles. The number of nitrogens with zero attached hydrogens (tertiary/aromatic N) is 1. The number of unbranched alkanes of at least 4 members (excludes halogenated alkanes) is 14. The summed E-state index contributed by atoms with van der Waals surface area (Å²) in [6.45, 7) is 3.84. The zero-order valence-electron chi connectivity index (χ0n) is 20.8. The predicted molar refractivity (Wildman–Crippen MR) is 139 cm³/mol. The molecule has 32 heavy (non-hydrogen) atoms. The van der Waals surface area contributed by atoms with E-state index in [0.29, 0.717) is 18.1 Å². The fraction of sp³-hybridized carbons (Fsp3) is 0.786. The minimum atomic E-state index is -2.87. The van der Waals surface area contributed by atoms with E-state index in [-0.39, 0.29) is 6.04 Å². The maximum Gasteiger partial charge on any atom is 0.153 e. The molecule has 0 amide bonds. The van der Waals surface area contributed by atoms with Gasteiger partial charge in [-0.3, -0.25) is 4.90 Å². The summed E-state index contributed by atoms with van der Waals surface area (Å²) >= 11 is 0. The maximum absolute atomic E-state index is 12.2. The van der Waals surface area contributed by atoms with Crippen LogP contribution in [0.1, 0.15) is 115 Å². The highest BCUT2D eigenvalue weighted by atomic mass is 32.2. The molecule has 1 aliphatic heterocycles. The van der Waals surface area contributed by atoms with Crippen LogP contribution in [0.4, 0.5) is 0 Å². The van der Waals surface area contributed by atoms with Crippen LogP contribution >= 0.6 is 0 Å². The molecule has 1 unspecified atom stereocenters. The summed E-state index contributed by atoms with van der Waals surface area (Å²) in [5, 5.41) is 0. The number of hydrogen-bond acceptors (Lipinski definition) is 3. The Kier molecular flexibility index (Phi) is 14.3. The summed E-state index contributed by atoms with van der Waals surface area (Å²) in [5.74, 6) is 0.660. The van der Waals surface area contributed by atoms with Crippen LogP contribution in [0.15, 0.2) is 30.3 Å². The summed E-state index contributed by atoms with van der Waals surface area (Å²) in [7, 11) is -2.87. The molecule has 1 fully saturated rings. The van der Waals surface area contributed by atoms with Gasteiger partial charge < -0.3 is 0 Å². The van der Waals surface area contributed by atoms with E-state index in [4.69, 9.17) is 0 Å². The zero-order chi connectivity index (χ0) is 22.9. The van der Waals surface area contributed by atoms with E-state index in [1.165, 1.54) is 95.5 Å². The van der Waals surface area contributed by atoms with Crippen LogP contribution in [0.3, 0.4) is 0 Å². The molecular weight excluding hydrogens is 414 g/mol. The molecule has 1 saturated heterocycles. The summed E-state index contributed by atoms with van der Waals surface area (Å²) in [6, 6.07) is 10.7. The Morgan fingerprint density at radius 2 is 1.25 bits per heavy atom. The molecule has 184 valence electrons. The van der Waals surface area contributed by atoms with Crippen molar-refractivity contribution in [3.05, 3.63) is 35.9 Å². The van der Waals surface area contributed by atoms with Gasteiger partial charge in [0, 0.05) is 19.1 Å². The van der Waals surface area contributed by atoms with Crippen molar-refractivity contribution in [2.45, 2.75) is 122 Å². The van der Waals surface area contributed by atoms with Crippen molar-refractivity contribution in [3.63, 3.8) is 0 Å². The Morgan fingerprint density at radius 3 is 1.78 bits per heavy atom. The Balaban J connectivity index is 1.49. The van der Waals surface area contributed by atoms with Crippen molar-refractivity contribution < 1.29 is 8.42 Å². The van der Waals surface area contributed by atoms with Crippen LogP contribution in [0, 0.1) is 0 Å². The molecule has 0 bridgehead atoms. The zero-order valence-corrected chi connectivity index (χ0v) is 21.6. The molecule has 1 aromatic carbocycles. The highest BCUT2D eigenvalue weighted by Gasteiger charge is 2.30.